The number of alkyl halides is 1. The zero-order valence-electron chi connectivity index (χ0n) is 6.61. The van der Waals surface area contributed by atoms with Crippen molar-refractivity contribution in [2.45, 2.75) is 12.8 Å². The summed E-state index contributed by atoms with van der Waals surface area (Å²) in [6, 6.07) is 0. The van der Waals surface area contributed by atoms with E-state index in [1.165, 1.54) is 12.5 Å². The van der Waals surface area contributed by atoms with E-state index in [2.05, 4.69) is 11.6 Å². The Balaban J connectivity index is 0.000000561. The van der Waals surface area contributed by atoms with Crippen LogP contribution in [0.25, 0.3) is 0 Å². The van der Waals surface area contributed by atoms with Gasteiger partial charge in [-0.2, -0.15) is 0 Å². The number of hydrogen-bond donors (Lipinski definition) is 0. The van der Waals surface area contributed by atoms with Gasteiger partial charge < -0.3 is 0 Å². The molecule has 1 nitrogen and oxygen atoms in total. The molecule has 0 atom stereocenters. The lowest BCUT2D eigenvalue weighted by Crippen LogP contribution is -1.95. The van der Waals surface area contributed by atoms with Crippen molar-refractivity contribution < 1.29 is 13.6 Å². The Morgan fingerprint density at radius 1 is 1.50 bits per heavy atom. The molecule has 0 saturated heterocycles. The molecule has 0 aliphatic heterocycles. The lowest BCUT2D eigenvalue weighted by Gasteiger charge is -2.04. The Morgan fingerprint density at radius 3 is 2.42 bits per heavy atom. The molecule has 0 heterocycles. The molecule has 0 bridgehead atoms. The summed E-state index contributed by atoms with van der Waals surface area (Å²) in [6.07, 6.45) is 3.38. The Labute approximate surface area is 74.7 Å². The average molecular weight is 195 g/mol. The van der Waals surface area contributed by atoms with E-state index in [1.807, 2.05) is 0 Å². The van der Waals surface area contributed by atoms with Gasteiger partial charge in [-0.1, -0.05) is 0 Å². The van der Waals surface area contributed by atoms with Crippen LogP contribution < -0.4 is 0 Å². The van der Waals surface area contributed by atoms with E-state index in [0.717, 1.165) is 0 Å². The normalized spacial score (nSPS) is 16.2. The molecule has 0 N–H and O–H groups in total. The van der Waals surface area contributed by atoms with Crippen molar-refractivity contribution in [3.05, 3.63) is 23.3 Å². The zero-order valence-corrected chi connectivity index (χ0v) is 7.37. The number of halogens is 3. The fraction of sp³-hybridized carbons (Fsp3) is 0.375. The molecular weight excluding hydrogens is 186 g/mol. The molecule has 4 heteroatoms. The van der Waals surface area contributed by atoms with Crippen LogP contribution in [-0.4, -0.2) is 12.7 Å². The van der Waals surface area contributed by atoms with Gasteiger partial charge in [-0.25, -0.2) is 8.78 Å². The van der Waals surface area contributed by atoms with Gasteiger partial charge in [0.2, 0.25) is 0 Å². The van der Waals surface area contributed by atoms with Crippen LogP contribution in [0.15, 0.2) is 23.3 Å². The Morgan fingerprint density at radius 2 is 2.08 bits per heavy atom. The first-order valence-electron chi connectivity index (χ1n) is 3.33. The van der Waals surface area contributed by atoms with Crippen molar-refractivity contribution in [2.75, 3.05) is 6.38 Å². The molecule has 0 aromatic rings. The van der Waals surface area contributed by atoms with Crippen molar-refractivity contribution in [1.82, 2.24) is 0 Å². The highest BCUT2D eigenvalue weighted by atomic mass is 35.5. The van der Waals surface area contributed by atoms with Gasteiger partial charge in [-0.3, -0.25) is 4.79 Å². The maximum Gasteiger partial charge on any atom is 0.155 e. The van der Waals surface area contributed by atoms with E-state index in [4.69, 9.17) is 0 Å². The van der Waals surface area contributed by atoms with Crippen LogP contribution >= 0.6 is 11.6 Å². The molecule has 12 heavy (non-hydrogen) atoms. The van der Waals surface area contributed by atoms with Gasteiger partial charge in [0, 0.05) is 12.8 Å². The minimum absolute atomic E-state index is 0.140. The summed E-state index contributed by atoms with van der Waals surface area (Å²) >= 11 is 4.64. The van der Waals surface area contributed by atoms with Crippen molar-refractivity contribution in [2.24, 2.45) is 0 Å². The maximum atomic E-state index is 12.5. The molecule has 1 aliphatic carbocycles. The molecule has 68 valence electrons. The van der Waals surface area contributed by atoms with E-state index in [0.29, 0.717) is 6.42 Å². The lowest BCUT2D eigenvalue weighted by molar-refractivity contribution is -0.105. The first-order valence-corrected chi connectivity index (χ1v) is 4.09. The standard InChI is InChI=1S/C7H6F2O.CH3Cl/c8-6-2-1-3-7(9)5(6)4-10;1-2/h2,4H,1,3H2;1H3. The number of carbonyl (C=O) groups excluding carboxylic acids is 1. The molecule has 0 fully saturated rings. The molecule has 0 aromatic heterocycles. The topological polar surface area (TPSA) is 17.1 Å². The monoisotopic (exact) mass is 194 g/mol. The van der Waals surface area contributed by atoms with Gasteiger partial charge in [-0.05, 0) is 12.5 Å². The SMILES string of the molecule is CCl.O=CC1=C(F)CCC=C1F. The second kappa shape index (κ2) is 5.89. The number of hydrogen-bond acceptors (Lipinski definition) is 1. The third kappa shape index (κ3) is 2.74. The van der Waals surface area contributed by atoms with Crippen LogP contribution in [0.5, 0.6) is 0 Å². The van der Waals surface area contributed by atoms with E-state index in [-0.39, 0.29) is 12.7 Å². The summed E-state index contributed by atoms with van der Waals surface area (Å²) in [7, 11) is 0. The maximum absolute atomic E-state index is 12.5. The number of aldehydes is 1. The minimum Gasteiger partial charge on any atom is -0.298 e. The van der Waals surface area contributed by atoms with Crippen molar-refractivity contribution in [3.8, 4) is 0 Å². The summed E-state index contributed by atoms with van der Waals surface area (Å²) in [5, 5.41) is 0. The first kappa shape index (κ1) is 11.3. The zero-order chi connectivity index (χ0) is 9.56. The van der Waals surface area contributed by atoms with Crippen LogP contribution in [0, 0.1) is 0 Å². The Bertz CT molecular complexity index is 221. The van der Waals surface area contributed by atoms with Gasteiger partial charge in [-0.15, -0.1) is 11.6 Å². The van der Waals surface area contributed by atoms with Crippen LogP contribution in [0.1, 0.15) is 12.8 Å². The predicted molar refractivity (Wildman–Crippen MR) is 44.4 cm³/mol. The van der Waals surface area contributed by atoms with Gasteiger partial charge in [0.25, 0.3) is 0 Å². The number of allylic oxidation sites excluding steroid dienone is 4. The first-order chi connectivity index (χ1) is 5.75. The van der Waals surface area contributed by atoms with Crippen molar-refractivity contribution in [3.63, 3.8) is 0 Å². The van der Waals surface area contributed by atoms with Gasteiger partial charge in [0.15, 0.2) is 6.29 Å². The van der Waals surface area contributed by atoms with Crippen molar-refractivity contribution in [1.29, 1.82) is 0 Å². The summed E-state index contributed by atoms with van der Waals surface area (Å²) in [4.78, 5) is 10.0. The molecule has 0 spiro atoms. The van der Waals surface area contributed by atoms with E-state index < -0.39 is 17.2 Å². The quantitative estimate of drug-likeness (QED) is 0.463. The molecule has 0 radical (unpaired) electrons. The summed E-state index contributed by atoms with van der Waals surface area (Å²) in [5.41, 5.74) is -0.425. The average Bonchev–Trinajstić information content (AvgIpc) is 2.08. The molecule has 1 rings (SSSR count). The predicted octanol–water partition coefficient (Wildman–Crippen LogP) is 2.91. The molecule has 0 saturated carbocycles. The minimum atomic E-state index is -0.737. The summed E-state index contributed by atoms with van der Waals surface area (Å²) < 4.78 is 24.9. The third-order valence-electron chi connectivity index (χ3n) is 1.35. The van der Waals surface area contributed by atoms with Crippen LogP contribution in [0.2, 0.25) is 0 Å². The fourth-order valence-electron chi connectivity index (χ4n) is 0.820. The highest BCUT2D eigenvalue weighted by Crippen LogP contribution is 2.24. The molecule has 0 unspecified atom stereocenters. The van der Waals surface area contributed by atoms with Crippen molar-refractivity contribution >= 4 is 17.9 Å². The lowest BCUT2D eigenvalue weighted by atomic mass is 10.1. The van der Waals surface area contributed by atoms with Gasteiger partial charge in [0.05, 0.1) is 5.57 Å². The molecule has 1 aliphatic rings. The van der Waals surface area contributed by atoms with E-state index >= 15 is 0 Å². The molecular formula is C8H9ClF2O. The number of rotatable bonds is 1. The van der Waals surface area contributed by atoms with Crippen LogP contribution in [0.4, 0.5) is 8.78 Å². The van der Waals surface area contributed by atoms with E-state index in [9.17, 15) is 13.6 Å². The third-order valence-corrected chi connectivity index (χ3v) is 1.35. The van der Waals surface area contributed by atoms with Crippen LogP contribution in [0.3, 0.4) is 0 Å². The Kier molecular flexibility index (Phi) is 5.54. The molecule has 0 aromatic carbocycles. The second-order valence-electron chi connectivity index (χ2n) is 2.03. The summed E-state index contributed by atoms with van der Waals surface area (Å²) in [5.74, 6) is -1.38. The highest BCUT2D eigenvalue weighted by Gasteiger charge is 2.14. The second-order valence-corrected chi connectivity index (χ2v) is 2.03. The Hall–Kier alpha value is -0.700. The largest absolute Gasteiger partial charge is 0.298 e. The highest BCUT2D eigenvalue weighted by molar-refractivity contribution is 6.15. The van der Waals surface area contributed by atoms with Crippen LogP contribution in [-0.2, 0) is 4.79 Å². The smallest absolute Gasteiger partial charge is 0.155 e. The molecule has 0 amide bonds. The van der Waals surface area contributed by atoms with Gasteiger partial charge in [0.1, 0.15) is 11.7 Å². The fourth-order valence-corrected chi connectivity index (χ4v) is 0.820. The number of carbonyl (C=O) groups is 1. The summed E-state index contributed by atoms with van der Waals surface area (Å²) in [6.45, 7) is 0. The van der Waals surface area contributed by atoms with E-state index in [1.54, 1.807) is 0 Å². The van der Waals surface area contributed by atoms with Gasteiger partial charge >= 0.3 is 0 Å².